The summed E-state index contributed by atoms with van der Waals surface area (Å²) in [5.74, 6) is 0.692. The maximum Gasteiger partial charge on any atom is 0.124 e. The lowest BCUT2D eigenvalue weighted by Gasteiger charge is -2.14. The van der Waals surface area contributed by atoms with Crippen molar-refractivity contribution in [2.24, 2.45) is 0 Å². The first-order chi connectivity index (χ1) is 8.60. The first-order valence-electron chi connectivity index (χ1n) is 5.52. The van der Waals surface area contributed by atoms with Crippen molar-refractivity contribution in [2.75, 3.05) is 7.11 Å². The summed E-state index contributed by atoms with van der Waals surface area (Å²) >= 11 is 5.00. The van der Waals surface area contributed by atoms with Gasteiger partial charge in [0.05, 0.1) is 23.9 Å². The van der Waals surface area contributed by atoms with Gasteiger partial charge in [-0.3, -0.25) is 0 Å². The molecule has 2 rings (SSSR count). The first kappa shape index (κ1) is 13.5. The number of methoxy groups -OCH3 is 1. The maximum absolute atomic E-state index is 10.3. The molecular formula is C13H14BrNO2S. The Hall–Kier alpha value is -0.910. The molecule has 1 atom stereocenters. The van der Waals surface area contributed by atoms with Gasteiger partial charge in [-0.2, -0.15) is 0 Å². The summed E-state index contributed by atoms with van der Waals surface area (Å²) in [5.41, 5.74) is 1.68. The number of hydrogen-bond donors (Lipinski definition) is 1. The van der Waals surface area contributed by atoms with Crippen LogP contribution < -0.4 is 4.74 Å². The Morgan fingerprint density at radius 3 is 2.89 bits per heavy atom. The van der Waals surface area contributed by atoms with Gasteiger partial charge in [0.2, 0.25) is 0 Å². The number of aliphatic hydroxyl groups is 1. The fraction of sp³-hybridized carbons (Fsp3) is 0.308. The van der Waals surface area contributed by atoms with Crippen molar-refractivity contribution in [3.8, 4) is 5.75 Å². The van der Waals surface area contributed by atoms with E-state index in [1.807, 2.05) is 30.5 Å². The fourth-order valence-electron chi connectivity index (χ4n) is 1.78. The van der Waals surface area contributed by atoms with Crippen LogP contribution in [0.25, 0.3) is 0 Å². The molecule has 1 heterocycles. The molecule has 0 bridgehead atoms. The van der Waals surface area contributed by atoms with E-state index >= 15 is 0 Å². The third kappa shape index (κ3) is 3.10. The third-order valence-corrected chi connectivity index (χ3v) is 3.94. The molecule has 18 heavy (non-hydrogen) atoms. The van der Waals surface area contributed by atoms with Crippen LogP contribution in [-0.4, -0.2) is 17.2 Å². The molecule has 3 nitrogen and oxygen atoms in total. The number of hydrogen-bond acceptors (Lipinski definition) is 4. The summed E-state index contributed by atoms with van der Waals surface area (Å²) in [4.78, 5) is 4.36. The minimum Gasteiger partial charge on any atom is -0.496 e. The zero-order valence-corrected chi connectivity index (χ0v) is 12.6. The van der Waals surface area contributed by atoms with Crippen molar-refractivity contribution in [1.82, 2.24) is 4.98 Å². The highest BCUT2D eigenvalue weighted by Crippen LogP contribution is 2.30. The zero-order valence-electron chi connectivity index (χ0n) is 10.2. The van der Waals surface area contributed by atoms with Crippen LogP contribution in [0, 0.1) is 6.92 Å². The lowest BCUT2D eigenvalue weighted by Crippen LogP contribution is -2.04. The lowest BCUT2D eigenvalue weighted by atomic mass is 10.0. The van der Waals surface area contributed by atoms with Gasteiger partial charge in [0.25, 0.3) is 0 Å². The molecule has 0 spiro atoms. The topological polar surface area (TPSA) is 42.4 Å². The highest BCUT2D eigenvalue weighted by atomic mass is 79.9. The minimum atomic E-state index is -0.612. The summed E-state index contributed by atoms with van der Waals surface area (Å²) in [6.45, 7) is 1.96. The second-order valence-corrected chi connectivity index (χ2v) is 5.94. The van der Waals surface area contributed by atoms with Gasteiger partial charge in [-0.1, -0.05) is 15.9 Å². The van der Waals surface area contributed by atoms with Crippen molar-refractivity contribution in [3.63, 3.8) is 0 Å². The number of aliphatic hydroxyl groups excluding tert-OH is 1. The second kappa shape index (κ2) is 5.82. The molecule has 96 valence electrons. The van der Waals surface area contributed by atoms with Crippen LogP contribution in [0.5, 0.6) is 5.75 Å². The van der Waals surface area contributed by atoms with Gasteiger partial charge in [-0.15, -0.1) is 11.3 Å². The van der Waals surface area contributed by atoms with Crippen LogP contribution in [-0.2, 0) is 6.42 Å². The van der Waals surface area contributed by atoms with Crippen molar-refractivity contribution >= 4 is 27.3 Å². The second-order valence-electron chi connectivity index (χ2n) is 3.96. The number of benzene rings is 1. The monoisotopic (exact) mass is 327 g/mol. The number of halogens is 1. The van der Waals surface area contributed by atoms with Crippen LogP contribution in [0.3, 0.4) is 0 Å². The van der Waals surface area contributed by atoms with E-state index in [4.69, 9.17) is 4.74 Å². The quantitative estimate of drug-likeness (QED) is 0.934. The third-order valence-electron chi connectivity index (χ3n) is 2.62. The van der Waals surface area contributed by atoms with Crippen molar-refractivity contribution < 1.29 is 9.84 Å². The Morgan fingerprint density at radius 2 is 2.28 bits per heavy atom. The standard InChI is InChI=1S/C13H14BrNO2S/c1-8-15-10(7-18-8)6-12(16)11-5-9(14)3-4-13(11)17-2/h3-5,7,12,16H,6H2,1-2H3. The molecule has 0 fully saturated rings. The van der Waals surface area contributed by atoms with Gasteiger partial charge in [0.15, 0.2) is 0 Å². The van der Waals surface area contributed by atoms with E-state index in [9.17, 15) is 5.11 Å². The van der Waals surface area contributed by atoms with E-state index < -0.39 is 6.10 Å². The summed E-state index contributed by atoms with van der Waals surface area (Å²) < 4.78 is 6.19. The van der Waals surface area contributed by atoms with Gasteiger partial charge in [0, 0.05) is 21.8 Å². The molecule has 0 saturated heterocycles. The Labute approximate surface area is 119 Å². The van der Waals surface area contributed by atoms with E-state index in [0.717, 1.165) is 20.7 Å². The molecular weight excluding hydrogens is 314 g/mol. The molecule has 0 radical (unpaired) electrons. The smallest absolute Gasteiger partial charge is 0.124 e. The van der Waals surface area contributed by atoms with Gasteiger partial charge in [-0.25, -0.2) is 4.98 Å². The first-order valence-corrected chi connectivity index (χ1v) is 7.20. The zero-order chi connectivity index (χ0) is 13.1. The van der Waals surface area contributed by atoms with Crippen LogP contribution in [0.4, 0.5) is 0 Å². The van der Waals surface area contributed by atoms with Crippen LogP contribution in [0.1, 0.15) is 22.4 Å². The van der Waals surface area contributed by atoms with Crippen LogP contribution >= 0.6 is 27.3 Å². The Bertz CT molecular complexity index is 542. The summed E-state index contributed by atoms with van der Waals surface area (Å²) in [7, 11) is 1.60. The SMILES string of the molecule is COc1ccc(Br)cc1C(O)Cc1csc(C)n1. The maximum atomic E-state index is 10.3. The average Bonchev–Trinajstić information content (AvgIpc) is 2.74. The molecule has 1 aromatic heterocycles. The molecule has 0 saturated carbocycles. The molecule has 1 N–H and O–H groups in total. The number of aromatic nitrogens is 1. The van der Waals surface area contributed by atoms with E-state index in [1.165, 1.54) is 0 Å². The molecule has 1 aromatic carbocycles. The van der Waals surface area contributed by atoms with E-state index in [-0.39, 0.29) is 0 Å². The van der Waals surface area contributed by atoms with Gasteiger partial charge < -0.3 is 9.84 Å². The van der Waals surface area contributed by atoms with Gasteiger partial charge in [0.1, 0.15) is 5.75 Å². The van der Waals surface area contributed by atoms with E-state index in [1.54, 1.807) is 18.4 Å². The Kier molecular flexibility index (Phi) is 4.37. The molecule has 0 aliphatic rings. The average molecular weight is 328 g/mol. The van der Waals surface area contributed by atoms with Gasteiger partial charge >= 0.3 is 0 Å². The summed E-state index contributed by atoms with van der Waals surface area (Å²) in [6, 6.07) is 5.61. The highest BCUT2D eigenvalue weighted by molar-refractivity contribution is 9.10. The fourth-order valence-corrected chi connectivity index (χ4v) is 2.78. The number of thiazole rings is 1. The Morgan fingerprint density at radius 1 is 1.50 bits per heavy atom. The molecule has 0 aliphatic carbocycles. The van der Waals surface area contributed by atoms with Crippen molar-refractivity contribution in [3.05, 3.63) is 44.3 Å². The van der Waals surface area contributed by atoms with Gasteiger partial charge in [-0.05, 0) is 25.1 Å². The van der Waals surface area contributed by atoms with Crippen LogP contribution in [0.15, 0.2) is 28.1 Å². The summed E-state index contributed by atoms with van der Waals surface area (Å²) in [6.07, 6.45) is -0.115. The van der Waals surface area contributed by atoms with Crippen molar-refractivity contribution in [2.45, 2.75) is 19.4 Å². The summed E-state index contributed by atoms with van der Waals surface area (Å²) in [5, 5.41) is 13.3. The largest absolute Gasteiger partial charge is 0.496 e. The molecule has 0 amide bonds. The highest BCUT2D eigenvalue weighted by Gasteiger charge is 2.15. The van der Waals surface area contributed by atoms with Crippen LogP contribution in [0.2, 0.25) is 0 Å². The van der Waals surface area contributed by atoms with E-state index in [2.05, 4.69) is 20.9 Å². The number of ether oxygens (including phenoxy) is 1. The Balaban J connectivity index is 2.22. The normalized spacial score (nSPS) is 12.4. The lowest BCUT2D eigenvalue weighted by molar-refractivity contribution is 0.173. The molecule has 5 heteroatoms. The molecule has 1 unspecified atom stereocenters. The minimum absolute atomic E-state index is 0.497. The number of aryl methyl sites for hydroxylation is 1. The number of rotatable bonds is 4. The molecule has 2 aromatic rings. The number of nitrogens with zero attached hydrogens (tertiary/aromatic N) is 1. The molecule has 0 aliphatic heterocycles. The predicted octanol–water partition coefficient (Wildman–Crippen LogP) is 3.50. The predicted molar refractivity (Wildman–Crippen MR) is 76.2 cm³/mol. The van der Waals surface area contributed by atoms with Crippen molar-refractivity contribution in [1.29, 1.82) is 0 Å². The van der Waals surface area contributed by atoms with E-state index in [0.29, 0.717) is 12.2 Å².